The Kier molecular flexibility index (Phi) is 5.87. The molecule has 0 saturated carbocycles. The highest BCUT2D eigenvalue weighted by Crippen LogP contribution is 2.32. The molecule has 2 heterocycles. The second-order valence-corrected chi connectivity index (χ2v) is 7.20. The Labute approximate surface area is 163 Å². The van der Waals surface area contributed by atoms with E-state index in [9.17, 15) is 13.2 Å². The molecule has 10 heteroatoms. The van der Waals surface area contributed by atoms with E-state index in [1.807, 2.05) is 26.8 Å². The van der Waals surface area contributed by atoms with Crippen molar-refractivity contribution in [3.63, 3.8) is 0 Å². The van der Waals surface area contributed by atoms with Gasteiger partial charge < -0.3 is 14.0 Å². The Morgan fingerprint density at radius 2 is 1.71 bits per heavy atom. The highest BCUT2D eigenvalue weighted by Gasteiger charge is 2.38. The molecule has 0 unspecified atom stereocenters. The van der Waals surface area contributed by atoms with Crippen molar-refractivity contribution < 1.29 is 27.2 Å². The maximum atomic E-state index is 12.6. The van der Waals surface area contributed by atoms with Gasteiger partial charge in [-0.15, -0.1) is 0 Å². The molecule has 0 aliphatic carbocycles. The first-order chi connectivity index (χ1) is 13.2. The molecule has 0 spiro atoms. The fourth-order valence-corrected chi connectivity index (χ4v) is 3.08. The molecular weight excluding hydrogens is 395 g/mol. The van der Waals surface area contributed by atoms with Crippen molar-refractivity contribution in [1.82, 2.24) is 14.5 Å². The standard InChI is InChI=1S/C18H18F3N3O3S/c1-10-7-13(16-22-17(27-23-16)18(19,20)21)8-11(2)15(10)26-6-4-5-25-14-9-12(3)28-24-14/h7-9H,4-6H2,1-3H3. The zero-order chi connectivity index (χ0) is 20.3. The molecule has 0 atom stereocenters. The molecular formula is C18H18F3N3O3S. The quantitative estimate of drug-likeness (QED) is 0.509. The van der Waals surface area contributed by atoms with Crippen molar-refractivity contribution in [2.24, 2.45) is 0 Å². The van der Waals surface area contributed by atoms with Gasteiger partial charge >= 0.3 is 12.1 Å². The van der Waals surface area contributed by atoms with E-state index in [2.05, 4.69) is 19.0 Å². The number of ether oxygens (including phenoxy) is 2. The van der Waals surface area contributed by atoms with Gasteiger partial charge in [0.1, 0.15) is 5.75 Å². The lowest BCUT2D eigenvalue weighted by Gasteiger charge is -2.13. The molecule has 0 amide bonds. The molecule has 1 aromatic carbocycles. The number of aromatic nitrogens is 3. The Balaban J connectivity index is 1.59. The van der Waals surface area contributed by atoms with Gasteiger partial charge in [-0.2, -0.15) is 22.5 Å². The molecule has 2 aromatic heterocycles. The molecule has 6 nitrogen and oxygen atoms in total. The Morgan fingerprint density at radius 1 is 1.04 bits per heavy atom. The monoisotopic (exact) mass is 413 g/mol. The van der Waals surface area contributed by atoms with Crippen molar-refractivity contribution in [3.8, 4) is 23.0 Å². The maximum absolute atomic E-state index is 12.6. The number of nitrogens with zero attached hydrogens (tertiary/aromatic N) is 3. The van der Waals surface area contributed by atoms with Gasteiger partial charge in [0.15, 0.2) is 0 Å². The third-order valence-electron chi connectivity index (χ3n) is 3.78. The summed E-state index contributed by atoms with van der Waals surface area (Å²) in [5, 5.41) is 3.41. The summed E-state index contributed by atoms with van der Waals surface area (Å²) in [5.74, 6) is -0.198. The van der Waals surface area contributed by atoms with Crippen molar-refractivity contribution >= 4 is 11.5 Å². The minimum atomic E-state index is -4.67. The summed E-state index contributed by atoms with van der Waals surface area (Å²) < 4.78 is 57.6. The number of alkyl halides is 3. The van der Waals surface area contributed by atoms with Crippen LogP contribution in [0.4, 0.5) is 13.2 Å². The van der Waals surface area contributed by atoms with E-state index >= 15 is 0 Å². The molecule has 28 heavy (non-hydrogen) atoms. The molecule has 150 valence electrons. The Morgan fingerprint density at radius 3 is 2.29 bits per heavy atom. The number of halogens is 3. The van der Waals surface area contributed by atoms with Gasteiger partial charge in [-0.05, 0) is 55.6 Å². The predicted octanol–water partition coefficient (Wildman–Crippen LogP) is 4.99. The topological polar surface area (TPSA) is 70.3 Å². The number of hydrogen-bond acceptors (Lipinski definition) is 7. The average molecular weight is 413 g/mol. The van der Waals surface area contributed by atoms with Crippen LogP contribution in [-0.4, -0.2) is 27.7 Å². The van der Waals surface area contributed by atoms with Gasteiger partial charge in [0.05, 0.1) is 13.2 Å². The smallest absolute Gasteiger partial charge is 0.471 e. The summed E-state index contributed by atoms with van der Waals surface area (Å²) in [6.07, 6.45) is -4.01. The third kappa shape index (κ3) is 4.80. The zero-order valence-corrected chi connectivity index (χ0v) is 16.3. The lowest BCUT2D eigenvalue weighted by atomic mass is 10.1. The first-order valence-electron chi connectivity index (χ1n) is 8.45. The van der Waals surface area contributed by atoms with E-state index in [1.165, 1.54) is 11.5 Å². The summed E-state index contributed by atoms with van der Waals surface area (Å²) in [6, 6.07) is 5.21. The Bertz CT molecular complexity index is 930. The van der Waals surface area contributed by atoms with Crippen LogP contribution < -0.4 is 9.47 Å². The molecule has 0 aliphatic rings. The normalized spacial score (nSPS) is 11.6. The van der Waals surface area contributed by atoms with E-state index in [0.29, 0.717) is 36.8 Å². The molecule has 0 aliphatic heterocycles. The van der Waals surface area contributed by atoms with Crippen LogP contribution in [0, 0.1) is 20.8 Å². The van der Waals surface area contributed by atoms with Gasteiger partial charge in [-0.25, -0.2) is 0 Å². The van der Waals surface area contributed by atoms with Gasteiger partial charge in [-0.3, -0.25) is 0 Å². The van der Waals surface area contributed by atoms with Crippen LogP contribution in [-0.2, 0) is 6.18 Å². The van der Waals surface area contributed by atoms with Crippen LogP contribution in [0.5, 0.6) is 11.6 Å². The van der Waals surface area contributed by atoms with Crippen LogP contribution in [0.2, 0.25) is 0 Å². The third-order valence-corrected chi connectivity index (χ3v) is 4.46. The zero-order valence-electron chi connectivity index (χ0n) is 15.5. The molecule has 0 N–H and O–H groups in total. The van der Waals surface area contributed by atoms with E-state index in [0.717, 1.165) is 16.0 Å². The summed E-state index contributed by atoms with van der Waals surface area (Å²) in [6.45, 7) is 6.49. The number of benzene rings is 1. The second-order valence-electron chi connectivity index (χ2n) is 6.19. The van der Waals surface area contributed by atoms with E-state index in [-0.39, 0.29) is 5.82 Å². The molecule has 0 radical (unpaired) electrons. The average Bonchev–Trinajstić information content (AvgIpc) is 3.25. The van der Waals surface area contributed by atoms with Crippen molar-refractivity contribution in [2.75, 3.05) is 13.2 Å². The second kappa shape index (κ2) is 8.17. The molecule has 0 fully saturated rings. The first kappa shape index (κ1) is 20.1. The minimum Gasteiger partial charge on any atom is -0.493 e. The van der Waals surface area contributed by atoms with Crippen LogP contribution >= 0.6 is 11.5 Å². The van der Waals surface area contributed by atoms with Crippen LogP contribution in [0.3, 0.4) is 0 Å². The van der Waals surface area contributed by atoms with Gasteiger partial charge in [0, 0.05) is 22.9 Å². The van der Waals surface area contributed by atoms with E-state index in [4.69, 9.17) is 9.47 Å². The van der Waals surface area contributed by atoms with Crippen molar-refractivity contribution in [3.05, 3.63) is 40.1 Å². The fraction of sp³-hybridized carbons (Fsp3) is 0.389. The van der Waals surface area contributed by atoms with Crippen molar-refractivity contribution in [2.45, 2.75) is 33.4 Å². The van der Waals surface area contributed by atoms with Crippen LogP contribution in [0.1, 0.15) is 28.3 Å². The van der Waals surface area contributed by atoms with Gasteiger partial charge in [-0.1, -0.05) is 5.16 Å². The van der Waals surface area contributed by atoms with E-state index < -0.39 is 12.1 Å². The summed E-state index contributed by atoms with van der Waals surface area (Å²) in [5.41, 5.74) is 1.97. The van der Waals surface area contributed by atoms with Crippen molar-refractivity contribution in [1.29, 1.82) is 0 Å². The molecule has 3 rings (SSSR count). The lowest BCUT2D eigenvalue weighted by molar-refractivity contribution is -0.159. The molecule has 0 saturated heterocycles. The highest BCUT2D eigenvalue weighted by atomic mass is 32.1. The van der Waals surface area contributed by atoms with Gasteiger partial charge in [0.25, 0.3) is 0 Å². The summed E-state index contributed by atoms with van der Waals surface area (Å²) in [4.78, 5) is 4.50. The number of hydrogen-bond donors (Lipinski definition) is 0. The van der Waals surface area contributed by atoms with Gasteiger partial charge in [0.2, 0.25) is 11.7 Å². The van der Waals surface area contributed by atoms with Crippen LogP contribution in [0.15, 0.2) is 22.7 Å². The summed E-state index contributed by atoms with van der Waals surface area (Å²) in [7, 11) is 0. The number of aryl methyl sites for hydroxylation is 3. The SMILES string of the molecule is Cc1cc(OCCCOc2c(C)cc(-c3noc(C(F)(F)F)n3)cc2C)ns1. The lowest BCUT2D eigenvalue weighted by Crippen LogP contribution is -2.07. The predicted molar refractivity (Wildman–Crippen MR) is 96.7 cm³/mol. The van der Waals surface area contributed by atoms with Crippen LogP contribution in [0.25, 0.3) is 11.4 Å². The highest BCUT2D eigenvalue weighted by molar-refractivity contribution is 7.05. The Hall–Kier alpha value is -2.62. The molecule has 3 aromatic rings. The summed E-state index contributed by atoms with van der Waals surface area (Å²) >= 11 is 1.39. The largest absolute Gasteiger partial charge is 0.493 e. The first-order valence-corrected chi connectivity index (χ1v) is 9.23. The maximum Gasteiger partial charge on any atom is 0.471 e. The number of rotatable bonds is 7. The molecule has 0 bridgehead atoms. The minimum absolute atomic E-state index is 0.114. The van der Waals surface area contributed by atoms with E-state index in [1.54, 1.807) is 12.1 Å². The fourth-order valence-electron chi connectivity index (χ4n) is 2.58.